The Morgan fingerprint density at radius 2 is 2.13 bits per heavy atom. The Labute approximate surface area is 88.9 Å². The Morgan fingerprint density at radius 3 is 2.67 bits per heavy atom. The van der Waals surface area contributed by atoms with Gasteiger partial charge in [0, 0.05) is 13.1 Å². The number of piperidine rings is 1. The van der Waals surface area contributed by atoms with E-state index < -0.39 is 0 Å². The monoisotopic (exact) mass is 208 g/mol. The molecule has 0 aliphatic carbocycles. The number of hydrogen-bond acceptors (Lipinski definition) is 3. The number of nitrogens with zero attached hydrogens (tertiary/aromatic N) is 3. The van der Waals surface area contributed by atoms with Crippen LogP contribution in [-0.4, -0.2) is 39.3 Å². The first-order valence-electron chi connectivity index (χ1n) is 5.32. The lowest BCUT2D eigenvalue weighted by Gasteiger charge is -2.34. The van der Waals surface area contributed by atoms with E-state index in [0.717, 1.165) is 13.1 Å². The number of H-pyrrole nitrogens is 1. The average molecular weight is 208 g/mol. The van der Waals surface area contributed by atoms with E-state index in [1.807, 2.05) is 4.90 Å². The number of carbonyl (C=O) groups is 1. The maximum absolute atomic E-state index is 12.0. The van der Waals surface area contributed by atoms with Crippen LogP contribution in [0.4, 0.5) is 0 Å². The lowest BCUT2D eigenvalue weighted by Crippen LogP contribution is -2.42. The van der Waals surface area contributed by atoms with E-state index in [-0.39, 0.29) is 5.91 Å². The van der Waals surface area contributed by atoms with Crippen molar-refractivity contribution < 1.29 is 4.79 Å². The highest BCUT2D eigenvalue weighted by Gasteiger charge is 2.27. The number of nitrogens with one attached hydrogen (secondary N) is 1. The summed E-state index contributed by atoms with van der Waals surface area (Å²) in [7, 11) is 0. The molecule has 0 aromatic carbocycles. The predicted molar refractivity (Wildman–Crippen MR) is 55.2 cm³/mol. The van der Waals surface area contributed by atoms with Gasteiger partial charge in [-0.05, 0) is 18.3 Å². The van der Waals surface area contributed by atoms with Crippen molar-refractivity contribution in [3.05, 3.63) is 11.9 Å². The van der Waals surface area contributed by atoms with E-state index in [9.17, 15) is 4.79 Å². The van der Waals surface area contributed by atoms with Crippen molar-refractivity contribution in [1.29, 1.82) is 0 Å². The van der Waals surface area contributed by atoms with Crippen molar-refractivity contribution in [3.63, 3.8) is 0 Å². The van der Waals surface area contributed by atoms with Gasteiger partial charge in [-0.2, -0.15) is 15.4 Å². The molecule has 1 aliphatic rings. The molecule has 1 saturated heterocycles. The summed E-state index contributed by atoms with van der Waals surface area (Å²) in [4.78, 5) is 13.8. The highest BCUT2D eigenvalue weighted by atomic mass is 16.2. The zero-order valence-corrected chi connectivity index (χ0v) is 9.10. The summed E-state index contributed by atoms with van der Waals surface area (Å²) >= 11 is 0. The molecule has 2 unspecified atom stereocenters. The fourth-order valence-corrected chi connectivity index (χ4v) is 2.30. The first kappa shape index (κ1) is 10.1. The summed E-state index contributed by atoms with van der Waals surface area (Å²) in [6, 6.07) is 0. The minimum atomic E-state index is -0.0119. The third-order valence-electron chi connectivity index (χ3n) is 2.79. The van der Waals surface area contributed by atoms with Crippen molar-refractivity contribution in [2.24, 2.45) is 11.8 Å². The number of aromatic amines is 1. The van der Waals surface area contributed by atoms with Gasteiger partial charge in [0.2, 0.25) is 0 Å². The van der Waals surface area contributed by atoms with Crippen molar-refractivity contribution in [3.8, 4) is 0 Å². The van der Waals surface area contributed by atoms with Gasteiger partial charge in [0.25, 0.3) is 5.91 Å². The average Bonchev–Trinajstić information content (AvgIpc) is 2.67. The zero-order chi connectivity index (χ0) is 10.8. The maximum Gasteiger partial charge on any atom is 0.276 e. The third-order valence-corrected chi connectivity index (χ3v) is 2.79. The van der Waals surface area contributed by atoms with Gasteiger partial charge in [-0.1, -0.05) is 13.8 Å². The Hall–Kier alpha value is -1.39. The van der Waals surface area contributed by atoms with Crippen LogP contribution >= 0.6 is 0 Å². The number of aromatic nitrogens is 3. The molecule has 2 rings (SSSR count). The molecule has 0 bridgehead atoms. The van der Waals surface area contributed by atoms with Gasteiger partial charge in [-0.3, -0.25) is 4.79 Å². The van der Waals surface area contributed by atoms with E-state index in [0.29, 0.717) is 17.5 Å². The smallest absolute Gasteiger partial charge is 0.276 e. The second-order valence-electron chi connectivity index (χ2n) is 4.51. The molecule has 1 aromatic rings. The van der Waals surface area contributed by atoms with E-state index >= 15 is 0 Å². The van der Waals surface area contributed by atoms with E-state index in [1.165, 1.54) is 12.6 Å². The molecule has 1 aliphatic heterocycles. The van der Waals surface area contributed by atoms with Gasteiger partial charge in [0.05, 0.1) is 6.20 Å². The molecule has 5 nitrogen and oxygen atoms in total. The van der Waals surface area contributed by atoms with Gasteiger partial charge in [0.15, 0.2) is 5.69 Å². The summed E-state index contributed by atoms with van der Waals surface area (Å²) < 4.78 is 0. The van der Waals surface area contributed by atoms with Crippen LogP contribution in [0.5, 0.6) is 0 Å². The number of likely N-dealkylation sites (tertiary alicyclic amines) is 1. The second-order valence-corrected chi connectivity index (χ2v) is 4.51. The zero-order valence-electron chi connectivity index (χ0n) is 9.10. The van der Waals surface area contributed by atoms with Gasteiger partial charge in [0.1, 0.15) is 0 Å². The molecule has 0 radical (unpaired) electrons. The van der Waals surface area contributed by atoms with E-state index in [2.05, 4.69) is 29.3 Å². The van der Waals surface area contributed by atoms with Crippen LogP contribution in [0.1, 0.15) is 30.8 Å². The normalized spacial score (nSPS) is 26.7. The third kappa shape index (κ3) is 2.16. The number of hydrogen-bond donors (Lipinski definition) is 1. The molecular formula is C10H16N4O. The Bertz CT molecular complexity index is 325. The highest BCUT2D eigenvalue weighted by molar-refractivity contribution is 5.91. The summed E-state index contributed by atoms with van der Waals surface area (Å²) in [5.74, 6) is 1.14. The molecule has 1 amide bonds. The number of carbonyl (C=O) groups excluding carboxylic acids is 1. The van der Waals surface area contributed by atoms with Gasteiger partial charge < -0.3 is 4.90 Å². The Kier molecular flexibility index (Phi) is 2.70. The van der Waals surface area contributed by atoms with Crippen LogP contribution in [0, 0.1) is 11.8 Å². The molecule has 1 fully saturated rings. The molecule has 2 atom stereocenters. The predicted octanol–water partition coefficient (Wildman–Crippen LogP) is 0.923. The van der Waals surface area contributed by atoms with Crippen molar-refractivity contribution in [2.75, 3.05) is 13.1 Å². The van der Waals surface area contributed by atoms with Crippen LogP contribution < -0.4 is 0 Å². The molecule has 82 valence electrons. The van der Waals surface area contributed by atoms with Crippen molar-refractivity contribution in [1.82, 2.24) is 20.3 Å². The molecule has 1 N–H and O–H groups in total. The van der Waals surface area contributed by atoms with Crippen molar-refractivity contribution >= 4 is 5.91 Å². The van der Waals surface area contributed by atoms with Crippen LogP contribution in [0.3, 0.4) is 0 Å². The van der Waals surface area contributed by atoms with Gasteiger partial charge >= 0.3 is 0 Å². The second kappa shape index (κ2) is 4.00. The minimum Gasteiger partial charge on any atom is -0.337 e. The minimum absolute atomic E-state index is 0.0119. The summed E-state index contributed by atoms with van der Waals surface area (Å²) in [5, 5.41) is 9.93. The molecule has 2 heterocycles. The topological polar surface area (TPSA) is 61.9 Å². The quantitative estimate of drug-likeness (QED) is 0.746. The lowest BCUT2D eigenvalue weighted by atomic mass is 9.92. The molecule has 5 heteroatoms. The Balaban J connectivity index is 2.07. The number of rotatable bonds is 1. The fourth-order valence-electron chi connectivity index (χ4n) is 2.30. The SMILES string of the molecule is CC1CC(C)CN(C(=O)c2cn[nH]n2)C1. The molecule has 15 heavy (non-hydrogen) atoms. The van der Waals surface area contributed by atoms with Crippen LogP contribution in [0.25, 0.3) is 0 Å². The summed E-state index contributed by atoms with van der Waals surface area (Å²) in [6.07, 6.45) is 2.68. The highest BCUT2D eigenvalue weighted by Crippen LogP contribution is 2.21. The molecule has 0 saturated carbocycles. The summed E-state index contributed by atoms with van der Waals surface area (Å²) in [5.41, 5.74) is 0.413. The first-order valence-corrected chi connectivity index (χ1v) is 5.32. The Morgan fingerprint density at radius 1 is 1.47 bits per heavy atom. The van der Waals surface area contributed by atoms with Crippen LogP contribution in [0.2, 0.25) is 0 Å². The van der Waals surface area contributed by atoms with Crippen LogP contribution in [-0.2, 0) is 0 Å². The maximum atomic E-state index is 12.0. The van der Waals surface area contributed by atoms with E-state index in [4.69, 9.17) is 0 Å². The standard InChI is InChI=1S/C10H16N4O/c1-7-3-8(2)6-14(5-7)10(15)9-4-11-13-12-9/h4,7-8H,3,5-6H2,1-2H3,(H,11,12,13). The molecule has 0 spiro atoms. The van der Waals surface area contributed by atoms with Crippen molar-refractivity contribution in [2.45, 2.75) is 20.3 Å². The molecule has 1 aromatic heterocycles. The number of amides is 1. The lowest BCUT2D eigenvalue weighted by molar-refractivity contribution is 0.0617. The largest absolute Gasteiger partial charge is 0.337 e. The fraction of sp³-hybridized carbons (Fsp3) is 0.700. The van der Waals surface area contributed by atoms with Gasteiger partial charge in [-0.25, -0.2) is 0 Å². The van der Waals surface area contributed by atoms with E-state index in [1.54, 1.807) is 0 Å². The summed E-state index contributed by atoms with van der Waals surface area (Å²) in [6.45, 7) is 6.02. The first-order chi connectivity index (χ1) is 7.16. The van der Waals surface area contributed by atoms with Crippen LogP contribution in [0.15, 0.2) is 6.20 Å². The van der Waals surface area contributed by atoms with Gasteiger partial charge in [-0.15, -0.1) is 0 Å². The molecular weight excluding hydrogens is 192 g/mol.